The topological polar surface area (TPSA) is 81.8 Å². The van der Waals surface area contributed by atoms with Crippen LogP contribution in [0.15, 0.2) is 18.2 Å². The van der Waals surface area contributed by atoms with Crippen molar-refractivity contribution in [1.29, 1.82) is 0 Å². The van der Waals surface area contributed by atoms with Gasteiger partial charge in [0.15, 0.2) is 0 Å². The number of urea groups is 1. The van der Waals surface area contributed by atoms with Crippen molar-refractivity contribution in [2.24, 2.45) is 0 Å². The lowest BCUT2D eigenvalue weighted by molar-refractivity contribution is -0.162. The zero-order valence-corrected chi connectivity index (χ0v) is 15.0. The first-order chi connectivity index (χ1) is 12.6. The molecule has 27 heavy (non-hydrogen) atoms. The van der Waals surface area contributed by atoms with E-state index in [0.717, 1.165) is 4.90 Å². The third-order valence-corrected chi connectivity index (χ3v) is 4.32. The maximum absolute atomic E-state index is 12.4. The zero-order valence-electron chi connectivity index (χ0n) is 15.0. The Labute approximate surface area is 154 Å². The molecule has 1 aromatic rings. The van der Waals surface area contributed by atoms with Gasteiger partial charge >= 0.3 is 12.2 Å². The molecule has 1 aliphatic rings. The molecule has 0 atom stereocenters. The summed E-state index contributed by atoms with van der Waals surface area (Å²) >= 11 is 0. The Balaban J connectivity index is 1.95. The molecule has 1 saturated heterocycles. The van der Waals surface area contributed by atoms with Gasteiger partial charge in [0.2, 0.25) is 5.91 Å². The van der Waals surface area contributed by atoms with E-state index in [2.05, 4.69) is 10.6 Å². The van der Waals surface area contributed by atoms with E-state index in [1.54, 1.807) is 25.1 Å². The van der Waals surface area contributed by atoms with E-state index in [-0.39, 0.29) is 32.1 Å². The maximum Gasteiger partial charge on any atom is 0.397 e. The molecule has 0 aliphatic carbocycles. The van der Waals surface area contributed by atoms with Crippen LogP contribution in [-0.4, -0.2) is 67.0 Å². The number of nitrogens with one attached hydrogen (secondary N) is 2. The van der Waals surface area contributed by atoms with Crippen LogP contribution in [0.4, 0.5) is 23.7 Å². The van der Waals surface area contributed by atoms with Crippen LogP contribution in [0, 0.1) is 6.92 Å². The molecule has 148 valence electrons. The lowest BCUT2D eigenvalue weighted by atomic mass is 10.1. The number of hydrogen-bond donors (Lipinski definition) is 2. The van der Waals surface area contributed by atoms with Crippen LogP contribution in [0.1, 0.15) is 22.3 Å². The fourth-order valence-electron chi connectivity index (χ4n) is 2.79. The molecule has 1 aliphatic heterocycles. The Morgan fingerprint density at radius 3 is 2.22 bits per heavy atom. The van der Waals surface area contributed by atoms with E-state index < -0.39 is 24.5 Å². The van der Waals surface area contributed by atoms with Crippen LogP contribution in [0.2, 0.25) is 0 Å². The fourth-order valence-corrected chi connectivity index (χ4v) is 2.79. The van der Waals surface area contributed by atoms with Crippen molar-refractivity contribution >= 4 is 23.5 Å². The Morgan fingerprint density at radius 2 is 1.67 bits per heavy atom. The number of nitrogens with zero attached hydrogens (tertiary/aromatic N) is 2. The predicted molar refractivity (Wildman–Crippen MR) is 92.4 cm³/mol. The summed E-state index contributed by atoms with van der Waals surface area (Å²) in [5, 5.41) is 5.22. The average Bonchev–Trinajstić information content (AvgIpc) is 2.61. The van der Waals surface area contributed by atoms with E-state index in [4.69, 9.17) is 0 Å². The minimum atomic E-state index is -4.54. The van der Waals surface area contributed by atoms with Crippen molar-refractivity contribution < 1.29 is 27.6 Å². The second kappa shape index (κ2) is 8.28. The van der Waals surface area contributed by atoms with Crippen LogP contribution < -0.4 is 10.6 Å². The molecule has 0 unspecified atom stereocenters. The maximum atomic E-state index is 12.4. The molecule has 2 rings (SSSR count). The highest BCUT2D eigenvalue weighted by Gasteiger charge is 2.34. The van der Waals surface area contributed by atoms with E-state index >= 15 is 0 Å². The van der Waals surface area contributed by atoms with Crippen LogP contribution in [0.5, 0.6) is 0 Å². The number of alkyl halides is 3. The molecule has 1 fully saturated rings. The number of carbonyl (C=O) groups excluding carboxylic acids is 3. The van der Waals surface area contributed by atoms with Crippen molar-refractivity contribution in [2.75, 3.05) is 38.5 Å². The highest BCUT2D eigenvalue weighted by molar-refractivity contribution is 5.99. The number of amides is 4. The lowest BCUT2D eigenvalue weighted by Crippen LogP contribution is -2.52. The summed E-state index contributed by atoms with van der Waals surface area (Å²) in [6.45, 7) is 2.04. The van der Waals surface area contributed by atoms with Gasteiger partial charge in [-0.2, -0.15) is 13.2 Å². The van der Waals surface area contributed by atoms with Crippen molar-refractivity contribution in [3.8, 4) is 0 Å². The van der Waals surface area contributed by atoms with Crippen LogP contribution in [0.3, 0.4) is 0 Å². The Kier molecular flexibility index (Phi) is 6.29. The molecule has 2 N–H and O–H groups in total. The predicted octanol–water partition coefficient (Wildman–Crippen LogP) is 1.98. The summed E-state index contributed by atoms with van der Waals surface area (Å²) in [5.74, 6) is -1.27. The molecular weight excluding hydrogens is 365 g/mol. The molecule has 4 amide bonds. The van der Waals surface area contributed by atoms with E-state index in [9.17, 15) is 27.6 Å². The largest absolute Gasteiger partial charge is 0.397 e. The SMILES string of the molecule is CNC(=O)c1cccc(NC(=O)N2CCN(C(=O)CC(F)(F)F)CC2)c1C. The van der Waals surface area contributed by atoms with E-state index in [1.807, 2.05) is 0 Å². The summed E-state index contributed by atoms with van der Waals surface area (Å²) in [6, 6.07) is 4.49. The molecule has 1 aromatic carbocycles. The van der Waals surface area contributed by atoms with Gasteiger partial charge in [0, 0.05) is 44.5 Å². The van der Waals surface area contributed by atoms with Crippen LogP contribution in [0.25, 0.3) is 0 Å². The van der Waals surface area contributed by atoms with Crippen molar-refractivity contribution in [3.63, 3.8) is 0 Å². The zero-order chi connectivity index (χ0) is 20.2. The molecule has 0 aromatic heterocycles. The molecule has 7 nitrogen and oxygen atoms in total. The van der Waals surface area contributed by atoms with Gasteiger partial charge < -0.3 is 20.4 Å². The smallest absolute Gasteiger partial charge is 0.355 e. The number of hydrogen-bond acceptors (Lipinski definition) is 3. The number of rotatable bonds is 3. The molecule has 0 spiro atoms. The fraction of sp³-hybridized carbons (Fsp3) is 0.471. The third-order valence-electron chi connectivity index (χ3n) is 4.32. The Morgan fingerprint density at radius 1 is 1.07 bits per heavy atom. The molecule has 0 radical (unpaired) electrons. The number of anilines is 1. The Hall–Kier alpha value is -2.78. The van der Waals surface area contributed by atoms with E-state index in [0.29, 0.717) is 16.8 Å². The molecule has 0 bridgehead atoms. The number of carbonyl (C=O) groups is 3. The van der Waals surface area contributed by atoms with Gasteiger partial charge in [0.25, 0.3) is 5.91 Å². The van der Waals surface area contributed by atoms with E-state index in [1.165, 1.54) is 11.9 Å². The van der Waals surface area contributed by atoms with Gasteiger partial charge in [-0.05, 0) is 24.6 Å². The van der Waals surface area contributed by atoms with Gasteiger partial charge in [0.1, 0.15) is 6.42 Å². The van der Waals surface area contributed by atoms with Gasteiger partial charge in [-0.3, -0.25) is 9.59 Å². The highest BCUT2D eigenvalue weighted by Crippen LogP contribution is 2.22. The molecule has 0 saturated carbocycles. The van der Waals surface area contributed by atoms with Gasteiger partial charge in [-0.25, -0.2) is 4.79 Å². The average molecular weight is 386 g/mol. The second-order valence-electron chi connectivity index (χ2n) is 6.15. The monoisotopic (exact) mass is 386 g/mol. The third kappa shape index (κ3) is 5.35. The van der Waals surface area contributed by atoms with Crippen LogP contribution in [-0.2, 0) is 4.79 Å². The van der Waals surface area contributed by atoms with Crippen molar-refractivity contribution in [1.82, 2.24) is 15.1 Å². The van der Waals surface area contributed by atoms with Crippen molar-refractivity contribution in [2.45, 2.75) is 19.5 Å². The normalized spacial score (nSPS) is 14.7. The van der Waals surface area contributed by atoms with Crippen LogP contribution >= 0.6 is 0 Å². The van der Waals surface area contributed by atoms with Crippen molar-refractivity contribution in [3.05, 3.63) is 29.3 Å². The molecule has 1 heterocycles. The molecular formula is C17H21F3N4O3. The summed E-state index contributed by atoms with van der Waals surface area (Å²) in [4.78, 5) is 38.4. The molecule has 10 heteroatoms. The van der Waals surface area contributed by atoms with Gasteiger partial charge in [0.05, 0.1) is 0 Å². The minimum absolute atomic E-state index is 0.0413. The van der Waals surface area contributed by atoms with Gasteiger partial charge in [-0.15, -0.1) is 0 Å². The standard InChI is InChI=1S/C17H21F3N4O3/c1-11-12(15(26)21-2)4-3-5-13(11)22-16(27)24-8-6-23(7-9-24)14(25)10-17(18,19)20/h3-5H,6-10H2,1-2H3,(H,21,26)(H,22,27). The highest BCUT2D eigenvalue weighted by atomic mass is 19.4. The summed E-state index contributed by atoms with van der Waals surface area (Å²) < 4.78 is 36.9. The Bertz CT molecular complexity index is 729. The second-order valence-corrected chi connectivity index (χ2v) is 6.15. The first kappa shape index (κ1) is 20.5. The van der Waals surface area contributed by atoms with Gasteiger partial charge in [-0.1, -0.05) is 6.07 Å². The summed E-state index contributed by atoms with van der Waals surface area (Å²) in [7, 11) is 1.51. The first-order valence-corrected chi connectivity index (χ1v) is 8.34. The minimum Gasteiger partial charge on any atom is -0.355 e. The number of piperazine rings is 1. The quantitative estimate of drug-likeness (QED) is 0.834. The summed E-state index contributed by atoms with van der Waals surface area (Å²) in [5.41, 5.74) is 1.50. The number of benzene rings is 1. The first-order valence-electron chi connectivity index (χ1n) is 8.34. The lowest BCUT2D eigenvalue weighted by Gasteiger charge is -2.35. The summed E-state index contributed by atoms with van der Waals surface area (Å²) in [6.07, 6.45) is -6.04. The number of halogens is 3.